The van der Waals surface area contributed by atoms with Crippen molar-refractivity contribution in [3.8, 4) is 6.07 Å². The first-order valence-electron chi connectivity index (χ1n) is 10.3. The van der Waals surface area contributed by atoms with E-state index in [0.29, 0.717) is 23.1 Å². The Bertz CT molecular complexity index is 1410. The summed E-state index contributed by atoms with van der Waals surface area (Å²) in [4.78, 5) is 18.0. The lowest BCUT2D eigenvalue weighted by atomic mass is 10.1. The van der Waals surface area contributed by atoms with Crippen molar-refractivity contribution in [1.82, 2.24) is 14.2 Å². The Labute approximate surface area is 188 Å². The van der Waals surface area contributed by atoms with Crippen molar-refractivity contribution < 1.29 is 0 Å². The molecule has 4 rings (SSSR count). The third kappa shape index (κ3) is 3.91. The van der Waals surface area contributed by atoms with Crippen LogP contribution in [0.5, 0.6) is 0 Å². The minimum absolute atomic E-state index is 0.188. The van der Waals surface area contributed by atoms with E-state index in [1.54, 1.807) is 12.3 Å². The molecule has 0 unspecified atom stereocenters. The minimum Gasteiger partial charge on any atom is -0.330 e. The number of aryl methyl sites for hydroxylation is 1. The van der Waals surface area contributed by atoms with Crippen molar-refractivity contribution in [2.24, 2.45) is 5.10 Å². The Hall–Kier alpha value is -3.24. The predicted octanol–water partition coefficient (Wildman–Crippen LogP) is 5.17. The maximum atomic E-state index is 13.3. The summed E-state index contributed by atoms with van der Waals surface area (Å²) >= 11 is 3.44. The van der Waals surface area contributed by atoms with Gasteiger partial charge >= 0.3 is 0 Å². The van der Waals surface area contributed by atoms with Gasteiger partial charge in [-0.25, -0.2) is 4.98 Å². The van der Waals surface area contributed by atoms with Crippen LogP contribution in [-0.2, 0) is 13.0 Å². The van der Waals surface area contributed by atoms with Gasteiger partial charge in [0.1, 0.15) is 12.4 Å². The van der Waals surface area contributed by atoms with Crippen LogP contribution in [0, 0.1) is 18.3 Å². The standard InChI is InChI=1S/C24H22BrN5O/c1-3-4-9-23-28-21-11-10-17(25)14-19(21)24(31)30(23)27-15-20-16(2)29(13-12-26)22-8-6-5-7-18(20)22/h5-8,10-11,14-15H,3-4,9,13H2,1-2H3. The molecule has 0 N–H and O–H groups in total. The van der Waals surface area contributed by atoms with E-state index in [0.717, 1.165) is 39.5 Å². The number of aromatic nitrogens is 3. The predicted molar refractivity (Wildman–Crippen MR) is 128 cm³/mol. The molecule has 0 radical (unpaired) electrons. The van der Waals surface area contributed by atoms with Gasteiger partial charge in [-0.1, -0.05) is 47.5 Å². The van der Waals surface area contributed by atoms with E-state index in [1.807, 2.05) is 47.9 Å². The van der Waals surface area contributed by atoms with Crippen LogP contribution >= 0.6 is 15.9 Å². The Balaban J connectivity index is 1.90. The molecule has 156 valence electrons. The first-order chi connectivity index (χ1) is 15.0. The summed E-state index contributed by atoms with van der Waals surface area (Å²) in [5, 5.41) is 15.4. The van der Waals surface area contributed by atoms with E-state index in [9.17, 15) is 10.1 Å². The van der Waals surface area contributed by atoms with Gasteiger partial charge in [-0.15, -0.1) is 0 Å². The van der Waals surface area contributed by atoms with Crippen LogP contribution in [0.3, 0.4) is 0 Å². The van der Waals surface area contributed by atoms with E-state index in [-0.39, 0.29) is 12.1 Å². The van der Waals surface area contributed by atoms with Gasteiger partial charge in [-0.2, -0.15) is 15.0 Å². The summed E-state index contributed by atoms with van der Waals surface area (Å²) in [7, 11) is 0. The lowest BCUT2D eigenvalue weighted by Gasteiger charge is -2.09. The molecular weight excluding hydrogens is 454 g/mol. The molecule has 0 aliphatic rings. The molecule has 2 aromatic carbocycles. The second-order valence-electron chi connectivity index (χ2n) is 7.42. The van der Waals surface area contributed by atoms with Crippen molar-refractivity contribution >= 4 is 44.0 Å². The van der Waals surface area contributed by atoms with Crippen molar-refractivity contribution in [3.63, 3.8) is 0 Å². The van der Waals surface area contributed by atoms with Gasteiger partial charge in [-0.3, -0.25) is 4.79 Å². The van der Waals surface area contributed by atoms with E-state index >= 15 is 0 Å². The van der Waals surface area contributed by atoms with Gasteiger partial charge in [-0.05, 0) is 37.6 Å². The molecule has 0 aliphatic carbocycles. The van der Waals surface area contributed by atoms with Crippen molar-refractivity contribution in [2.45, 2.75) is 39.7 Å². The van der Waals surface area contributed by atoms with E-state index in [4.69, 9.17) is 4.98 Å². The van der Waals surface area contributed by atoms with Gasteiger partial charge in [0.15, 0.2) is 0 Å². The molecule has 4 aromatic rings. The Morgan fingerprint density at radius 1 is 1.23 bits per heavy atom. The van der Waals surface area contributed by atoms with Gasteiger partial charge in [0.2, 0.25) is 0 Å². The number of para-hydroxylation sites is 1. The first-order valence-corrected chi connectivity index (χ1v) is 11.0. The van der Waals surface area contributed by atoms with Gasteiger partial charge in [0, 0.05) is 33.1 Å². The Kier molecular flexibility index (Phi) is 6.01. The number of benzene rings is 2. The number of nitrogens with zero attached hydrogens (tertiary/aromatic N) is 5. The van der Waals surface area contributed by atoms with Crippen LogP contribution in [0.2, 0.25) is 0 Å². The quantitative estimate of drug-likeness (QED) is 0.361. The average Bonchev–Trinajstić information content (AvgIpc) is 3.04. The maximum absolute atomic E-state index is 13.3. The molecule has 7 heteroatoms. The summed E-state index contributed by atoms with van der Waals surface area (Å²) in [6.07, 6.45) is 4.31. The molecule has 2 heterocycles. The average molecular weight is 476 g/mol. The number of rotatable bonds is 6. The highest BCUT2D eigenvalue weighted by Crippen LogP contribution is 2.24. The SMILES string of the molecule is CCCCc1nc2ccc(Br)cc2c(=O)n1N=Cc1c(C)n(CC#N)c2ccccc12. The Morgan fingerprint density at radius 3 is 2.81 bits per heavy atom. The van der Waals surface area contributed by atoms with Crippen LogP contribution in [-0.4, -0.2) is 20.4 Å². The Morgan fingerprint density at radius 2 is 2.03 bits per heavy atom. The largest absolute Gasteiger partial charge is 0.330 e. The fourth-order valence-corrected chi connectivity index (χ4v) is 4.18. The van der Waals surface area contributed by atoms with Crippen LogP contribution in [0.15, 0.2) is 56.8 Å². The fraction of sp³-hybridized carbons (Fsp3) is 0.250. The number of unbranched alkanes of at least 4 members (excludes halogenated alkanes) is 1. The molecule has 0 aliphatic heterocycles. The smallest absolute Gasteiger partial charge is 0.282 e. The molecule has 31 heavy (non-hydrogen) atoms. The third-order valence-corrected chi connectivity index (χ3v) is 5.93. The van der Waals surface area contributed by atoms with Gasteiger partial charge < -0.3 is 4.57 Å². The summed E-state index contributed by atoms with van der Waals surface area (Å²) in [5.74, 6) is 0.649. The van der Waals surface area contributed by atoms with Crippen molar-refractivity contribution in [3.05, 3.63) is 74.4 Å². The van der Waals surface area contributed by atoms with Gasteiger partial charge in [0.05, 0.1) is 23.2 Å². The molecule has 2 aromatic heterocycles. The molecule has 0 spiro atoms. The van der Waals surface area contributed by atoms with Crippen LogP contribution in [0.4, 0.5) is 0 Å². The summed E-state index contributed by atoms with van der Waals surface area (Å²) in [6, 6.07) is 15.7. The van der Waals surface area contributed by atoms with Crippen LogP contribution in [0.25, 0.3) is 21.8 Å². The number of nitriles is 1. The molecule has 0 bridgehead atoms. The highest BCUT2D eigenvalue weighted by atomic mass is 79.9. The lowest BCUT2D eigenvalue weighted by Crippen LogP contribution is -2.22. The summed E-state index contributed by atoms with van der Waals surface area (Å²) in [5.41, 5.74) is 3.29. The third-order valence-electron chi connectivity index (χ3n) is 5.44. The van der Waals surface area contributed by atoms with Crippen LogP contribution < -0.4 is 5.56 Å². The highest BCUT2D eigenvalue weighted by molar-refractivity contribution is 9.10. The molecule has 0 amide bonds. The fourth-order valence-electron chi connectivity index (χ4n) is 3.82. The van der Waals surface area contributed by atoms with E-state index in [1.165, 1.54) is 4.68 Å². The van der Waals surface area contributed by atoms with Gasteiger partial charge in [0.25, 0.3) is 5.56 Å². The van der Waals surface area contributed by atoms with Crippen molar-refractivity contribution in [1.29, 1.82) is 5.26 Å². The first kappa shape index (κ1) is 21.0. The molecule has 0 atom stereocenters. The summed E-state index contributed by atoms with van der Waals surface area (Å²) < 4.78 is 4.21. The second-order valence-corrected chi connectivity index (χ2v) is 8.33. The molecular formula is C24H22BrN5O. The van der Waals surface area contributed by atoms with Crippen LogP contribution in [0.1, 0.15) is 36.8 Å². The number of hydrogen-bond donors (Lipinski definition) is 0. The molecule has 0 saturated carbocycles. The molecule has 0 saturated heterocycles. The number of hydrogen-bond acceptors (Lipinski definition) is 4. The lowest BCUT2D eigenvalue weighted by molar-refractivity contribution is 0.675. The summed E-state index contributed by atoms with van der Waals surface area (Å²) in [6.45, 7) is 4.33. The number of halogens is 1. The second kappa shape index (κ2) is 8.86. The zero-order valence-corrected chi connectivity index (χ0v) is 19.1. The topological polar surface area (TPSA) is 76.0 Å². The molecule has 6 nitrogen and oxygen atoms in total. The van der Waals surface area contributed by atoms with Crippen molar-refractivity contribution in [2.75, 3.05) is 0 Å². The normalized spacial score (nSPS) is 11.5. The zero-order chi connectivity index (χ0) is 22.0. The molecule has 0 fully saturated rings. The zero-order valence-electron chi connectivity index (χ0n) is 17.5. The monoisotopic (exact) mass is 475 g/mol. The minimum atomic E-state index is -0.188. The van der Waals surface area contributed by atoms with E-state index < -0.39 is 0 Å². The number of fused-ring (bicyclic) bond motifs is 2. The highest BCUT2D eigenvalue weighted by Gasteiger charge is 2.14. The van der Waals surface area contributed by atoms with E-state index in [2.05, 4.69) is 34.0 Å². The maximum Gasteiger partial charge on any atom is 0.282 e.